The Bertz CT molecular complexity index is 1140. The maximum absolute atomic E-state index is 14.4. The second kappa shape index (κ2) is 12.0. The summed E-state index contributed by atoms with van der Waals surface area (Å²) in [6.45, 7) is 3.53. The fourth-order valence-corrected chi connectivity index (χ4v) is 4.45. The van der Waals surface area contributed by atoms with E-state index in [9.17, 15) is 8.78 Å². The van der Waals surface area contributed by atoms with Crippen LogP contribution in [-0.2, 0) is 6.61 Å². The third-order valence-corrected chi connectivity index (χ3v) is 6.54. The Balaban J connectivity index is 1.31. The number of nitrogens with zero attached hydrogens (tertiary/aromatic N) is 3. The molecule has 9 heteroatoms. The number of ether oxygens (including phenoxy) is 2. The van der Waals surface area contributed by atoms with Crippen molar-refractivity contribution in [3.8, 4) is 11.6 Å². The van der Waals surface area contributed by atoms with Crippen LogP contribution >= 0.6 is 0 Å². The van der Waals surface area contributed by atoms with Gasteiger partial charge in [0.15, 0.2) is 11.6 Å². The van der Waals surface area contributed by atoms with Gasteiger partial charge in [0.2, 0.25) is 5.88 Å². The molecule has 1 saturated heterocycles. The van der Waals surface area contributed by atoms with E-state index in [4.69, 9.17) is 14.6 Å². The van der Waals surface area contributed by atoms with Gasteiger partial charge in [0.05, 0.1) is 25.1 Å². The third-order valence-electron chi connectivity index (χ3n) is 6.54. The van der Waals surface area contributed by atoms with E-state index in [0.29, 0.717) is 11.7 Å². The van der Waals surface area contributed by atoms with Gasteiger partial charge in [-0.25, -0.2) is 18.7 Å². The van der Waals surface area contributed by atoms with Gasteiger partial charge in [-0.1, -0.05) is 0 Å². The standard InChI is InChI=1S/C27H32F2N4O3/c1-18-14-23(35-2)27(29)22(26(18)28)17-36-25-16-30-24(15-31-25)32-20-5-7-21(8-6-20)33-11-9-19(10-12-33)4-3-13-34/h5-8,14-16,19,34H,3-4,9-13,17H2,1-2H3,(H,30,32). The van der Waals surface area contributed by atoms with Crippen LogP contribution in [0.1, 0.15) is 36.8 Å². The van der Waals surface area contributed by atoms with E-state index in [2.05, 4.69) is 32.3 Å². The number of methoxy groups -OCH3 is 1. The van der Waals surface area contributed by atoms with Crippen LogP contribution in [0.4, 0.5) is 26.0 Å². The molecule has 0 saturated carbocycles. The topological polar surface area (TPSA) is 79.7 Å². The maximum Gasteiger partial charge on any atom is 0.232 e. The van der Waals surface area contributed by atoms with Crippen molar-refractivity contribution in [2.75, 3.05) is 37.0 Å². The van der Waals surface area contributed by atoms with Gasteiger partial charge in [0.1, 0.15) is 18.2 Å². The number of nitrogens with one attached hydrogen (secondary N) is 1. The zero-order chi connectivity index (χ0) is 25.5. The summed E-state index contributed by atoms with van der Waals surface area (Å²) in [6.07, 6.45) is 7.21. The van der Waals surface area contributed by atoms with Crippen molar-refractivity contribution in [3.63, 3.8) is 0 Å². The number of halogens is 2. The highest BCUT2D eigenvalue weighted by Crippen LogP contribution is 2.29. The molecule has 7 nitrogen and oxygen atoms in total. The largest absolute Gasteiger partial charge is 0.494 e. The van der Waals surface area contributed by atoms with Gasteiger partial charge in [-0.2, -0.15) is 0 Å². The third kappa shape index (κ3) is 6.20. The van der Waals surface area contributed by atoms with Crippen LogP contribution in [0.15, 0.2) is 42.7 Å². The zero-order valence-electron chi connectivity index (χ0n) is 20.6. The zero-order valence-corrected chi connectivity index (χ0v) is 20.6. The van der Waals surface area contributed by atoms with Crippen LogP contribution in [0, 0.1) is 24.5 Å². The molecule has 0 bridgehead atoms. The molecule has 0 unspecified atom stereocenters. The number of benzene rings is 2. The average Bonchev–Trinajstić information content (AvgIpc) is 2.91. The smallest absolute Gasteiger partial charge is 0.232 e. The summed E-state index contributed by atoms with van der Waals surface area (Å²) in [6, 6.07) is 9.47. The molecular formula is C27H32F2N4O3. The van der Waals surface area contributed by atoms with Gasteiger partial charge in [-0.05, 0) is 74.4 Å². The predicted molar refractivity (Wildman–Crippen MR) is 135 cm³/mol. The number of aryl methyl sites for hydroxylation is 1. The summed E-state index contributed by atoms with van der Waals surface area (Å²) in [5, 5.41) is 12.2. The number of aliphatic hydroxyl groups is 1. The number of hydrogen-bond donors (Lipinski definition) is 2. The van der Waals surface area contributed by atoms with E-state index in [-0.39, 0.29) is 36.0 Å². The molecule has 192 valence electrons. The van der Waals surface area contributed by atoms with Gasteiger partial charge in [-0.3, -0.25) is 0 Å². The fraction of sp³-hybridized carbons (Fsp3) is 0.407. The first-order chi connectivity index (χ1) is 17.5. The minimum atomic E-state index is -0.790. The number of aromatic nitrogens is 2. The molecule has 0 atom stereocenters. The van der Waals surface area contributed by atoms with Crippen molar-refractivity contribution in [1.29, 1.82) is 0 Å². The Morgan fingerprint density at radius 2 is 1.83 bits per heavy atom. The highest BCUT2D eigenvalue weighted by atomic mass is 19.1. The molecule has 1 aliphatic rings. The lowest BCUT2D eigenvalue weighted by atomic mass is 9.92. The Kier molecular flexibility index (Phi) is 8.53. The number of rotatable bonds is 10. The second-order valence-electron chi connectivity index (χ2n) is 9.00. The summed E-state index contributed by atoms with van der Waals surface area (Å²) >= 11 is 0. The Labute approximate surface area is 210 Å². The lowest BCUT2D eigenvalue weighted by Crippen LogP contribution is -2.33. The molecule has 36 heavy (non-hydrogen) atoms. The molecule has 1 aromatic heterocycles. The van der Waals surface area contributed by atoms with Crippen LogP contribution in [-0.4, -0.2) is 41.9 Å². The van der Waals surface area contributed by atoms with Crippen molar-refractivity contribution < 1.29 is 23.4 Å². The lowest BCUT2D eigenvalue weighted by molar-refractivity contribution is 0.261. The van der Waals surface area contributed by atoms with Crippen molar-refractivity contribution in [2.24, 2.45) is 5.92 Å². The SMILES string of the molecule is COc1cc(C)c(F)c(COc2cnc(Nc3ccc(N4CCC(CCCO)CC4)cc3)cn2)c1F. The Hall–Kier alpha value is -3.46. The minimum Gasteiger partial charge on any atom is -0.494 e. The highest BCUT2D eigenvalue weighted by Gasteiger charge is 2.20. The summed E-state index contributed by atoms with van der Waals surface area (Å²) in [5.41, 5.74) is 2.11. The van der Waals surface area contributed by atoms with Crippen molar-refractivity contribution in [1.82, 2.24) is 9.97 Å². The molecule has 0 radical (unpaired) electrons. The molecule has 4 rings (SSSR count). The van der Waals surface area contributed by atoms with Crippen LogP contribution in [0.25, 0.3) is 0 Å². The monoisotopic (exact) mass is 498 g/mol. The summed E-state index contributed by atoms with van der Waals surface area (Å²) in [7, 11) is 1.33. The molecule has 2 N–H and O–H groups in total. The summed E-state index contributed by atoms with van der Waals surface area (Å²) in [5.74, 6) is -0.119. The molecule has 0 amide bonds. The van der Waals surface area contributed by atoms with Gasteiger partial charge >= 0.3 is 0 Å². The number of anilines is 3. The molecule has 0 spiro atoms. The van der Waals surface area contributed by atoms with E-state index in [1.807, 2.05) is 12.1 Å². The fourth-order valence-electron chi connectivity index (χ4n) is 4.45. The molecule has 0 aliphatic carbocycles. The van der Waals surface area contributed by atoms with Gasteiger partial charge in [0, 0.05) is 31.1 Å². The van der Waals surface area contributed by atoms with Gasteiger partial charge < -0.3 is 24.8 Å². The number of aliphatic hydroxyl groups excluding tert-OH is 1. The first-order valence-corrected chi connectivity index (χ1v) is 12.2. The van der Waals surface area contributed by atoms with E-state index in [0.717, 1.165) is 44.5 Å². The minimum absolute atomic E-state index is 0.0355. The van der Waals surface area contributed by atoms with Gasteiger partial charge in [0.25, 0.3) is 0 Å². The van der Waals surface area contributed by atoms with Crippen molar-refractivity contribution in [3.05, 3.63) is 65.5 Å². The number of hydrogen-bond acceptors (Lipinski definition) is 7. The molecule has 1 aliphatic heterocycles. The van der Waals surface area contributed by atoms with Crippen molar-refractivity contribution in [2.45, 2.75) is 39.2 Å². The summed E-state index contributed by atoms with van der Waals surface area (Å²) < 4.78 is 39.2. The van der Waals surface area contributed by atoms with Crippen LogP contribution in [0.2, 0.25) is 0 Å². The van der Waals surface area contributed by atoms with Crippen molar-refractivity contribution >= 4 is 17.2 Å². The second-order valence-corrected chi connectivity index (χ2v) is 9.00. The molecule has 1 fully saturated rings. The Morgan fingerprint density at radius 1 is 1.08 bits per heavy atom. The molecule has 2 heterocycles. The average molecular weight is 499 g/mol. The Morgan fingerprint density at radius 3 is 2.47 bits per heavy atom. The van der Waals surface area contributed by atoms with E-state index < -0.39 is 11.6 Å². The predicted octanol–water partition coefficient (Wildman–Crippen LogP) is 5.38. The van der Waals surface area contributed by atoms with Crippen LogP contribution in [0.3, 0.4) is 0 Å². The lowest BCUT2D eigenvalue weighted by Gasteiger charge is -2.33. The van der Waals surface area contributed by atoms with E-state index in [1.54, 1.807) is 0 Å². The van der Waals surface area contributed by atoms with E-state index in [1.165, 1.54) is 38.2 Å². The van der Waals surface area contributed by atoms with Gasteiger partial charge in [-0.15, -0.1) is 0 Å². The summed E-state index contributed by atoms with van der Waals surface area (Å²) in [4.78, 5) is 10.9. The number of piperidine rings is 1. The molecule has 3 aromatic rings. The van der Waals surface area contributed by atoms with Crippen LogP contribution < -0.4 is 19.7 Å². The van der Waals surface area contributed by atoms with E-state index >= 15 is 0 Å². The maximum atomic E-state index is 14.4. The quantitative estimate of drug-likeness (QED) is 0.388. The first-order valence-electron chi connectivity index (χ1n) is 12.2. The first kappa shape index (κ1) is 25.6. The van der Waals surface area contributed by atoms with Crippen LogP contribution in [0.5, 0.6) is 11.6 Å². The highest BCUT2D eigenvalue weighted by molar-refractivity contribution is 5.60. The normalized spacial score (nSPS) is 14.1. The molecule has 2 aromatic carbocycles. The molecular weight excluding hydrogens is 466 g/mol.